The molecule has 3 aromatic carbocycles. The van der Waals surface area contributed by atoms with Gasteiger partial charge >= 0.3 is 35.7 Å². The number of carbonyl (C=O) groups excluding carboxylic acids is 2. The molecule has 0 bridgehead atoms. The maximum atomic E-state index is 14.8. The van der Waals surface area contributed by atoms with Crippen molar-refractivity contribution in [3.05, 3.63) is 94.4 Å². The van der Waals surface area contributed by atoms with E-state index in [0.717, 1.165) is 21.6 Å². The van der Waals surface area contributed by atoms with E-state index in [0.29, 0.717) is 40.4 Å². The molecule has 0 saturated heterocycles. The Hall–Kier alpha value is -2.59. The Bertz CT molecular complexity index is 1490. The number of nitrogens with zero attached hydrogens (tertiary/aromatic N) is 1. The number of hydrogen-bond acceptors (Lipinski definition) is 6. The van der Waals surface area contributed by atoms with Crippen LogP contribution in [0.4, 0.5) is 14.9 Å². The van der Waals surface area contributed by atoms with Crippen LogP contribution >= 0.6 is 23.1 Å². The summed E-state index contributed by atoms with van der Waals surface area (Å²) in [6.45, 7) is 3.57. The molecule has 196 valence electrons. The van der Waals surface area contributed by atoms with E-state index in [-0.39, 0.29) is 35.0 Å². The summed E-state index contributed by atoms with van der Waals surface area (Å²) in [6.07, 6.45) is 2.13. The van der Waals surface area contributed by atoms with E-state index >= 15 is 0 Å². The second kappa shape index (κ2) is 12.7. The topological polar surface area (TPSA) is 98.3 Å². The van der Waals surface area contributed by atoms with Crippen LogP contribution in [-0.4, -0.2) is 22.2 Å². The average Bonchev–Trinajstić information content (AvgIpc) is 3.61. The van der Waals surface area contributed by atoms with Gasteiger partial charge in [-0.2, -0.15) is 4.37 Å². The van der Waals surface area contributed by atoms with Crippen molar-refractivity contribution in [2.24, 2.45) is 0 Å². The average molecular weight is 574 g/mol. The Balaban J connectivity index is 0.00000210. The van der Waals surface area contributed by atoms with Crippen molar-refractivity contribution in [2.75, 3.05) is 5.32 Å². The number of anilines is 1. The molecule has 1 heterocycles. The molecule has 1 fully saturated rings. The summed E-state index contributed by atoms with van der Waals surface area (Å²) >= 11 is 7.49. The van der Waals surface area contributed by atoms with Crippen LogP contribution in [0.5, 0.6) is 0 Å². The quantitative estimate of drug-likeness (QED) is 0.252. The van der Waals surface area contributed by atoms with Crippen molar-refractivity contribution in [3.8, 4) is 21.6 Å². The predicted molar refractivity (Wildman–Crippen MR) is 146 cm³/mol. The van der Waals surface area contributed by atoms with Gasteiger partial charge in [-0.05, 0) is 59.8 Å². The number of nitrogens with one attached hydrogen (secondary N) is 1. The van der Waals surface area contributed by atoms with Crippen molar-refractivity contribution in [2.45, 2.75) is 38.2 Å². The molecule has 0 unspecified atom stereocenters. The van der Waals surface area contributed by atoms with Gasteiger partial charge < -0.3 is 15.0 Å². The Morgan fingerprint density at radius 2 is 1.74 bits per heavy atom. The fourth-order valence-corrected chi connectivity index (χ4v) is 5.46. The van der Waals surface area contributed by atoms with E-state index in [1.54, 1.807) is 19.1 Å². The smallest absolute Gasteiger partial charge is 0.870 e. The first-order valence-electron chi connectivity index (χ1n) is 11.8. The Labute approximate surface area is 257 Å². The molecule has 1 aliphatic rings. The molecule has 6 nitrogen and oxygen atoms in total. The molecular formula is C29H24ClFN2NaO4S-. The minimum absolute atomic E-state index is 0. The number of aromatic nitrogens is 1. The van der Waals surface area contributed by atoms with E-state index in [2.05, 4.69) is 9.69 Å². The number of ether oxygens (including phenoxy) is 1. The van der Waals surface area contributed by atoms with Crippen molar-refractivity contribution in [1.82, 2.24) is 4.37 Å². The van der Waals surface area contributed by atoms with Gasteiger partial charge in [0.1, 0.15) is 11.9 Å². The first-order valence-corrected chi connectivity index (χ1v) is 12.9. The fraction of sp³-hybridized carbons (Fsp3) is 0.207. The molecule has 10 heteroatoms. The molecular weight excluding hydrogens is 550 g/mol. The minimum atomic E-state index is -0.772. The maximum absolute atomic E-state index is 14.8. The second-order valence-corrected chi connectivity index (χ2v) is 10.3. The molecule has 0 spiro atoms. The van der Waals surface area contributed by atoms with Crippen molar-refractivity contribution < 1.29 is 53.7 Å². The van der Waals surface area contributed by atoms with Gasteiger partial charge in [0.15, 0.2) is 0 Å². The third-order valence-corrected chi connectivity index (χ3v) is 7.96. The molecule has 5 rings (SSSR count). The maximum Gasteiger partial charge on any atom is 1.00 e. The summed E-state index contributed by atoms with van der Waals surface area (Å²) < 4.78 is 24.7. The van der Waals surface area contributed by atoms with E-state index in [4.69, 9.17) is 16.3 Å². The Morgan fingerprint density at radius 3 is 2.36 bits per heavy atom. The number of benzene rings is 3. The van der Waals surface area contributed by atoms with Gasteiger partial charge in [-0.15, -0.1) is 0 Å². The van der Waals surface area contributed by atoms with Crippen LogP contribution in [-0.2, 0) is 14.9 Å². The van der Waals surface area contributed by atoms with Crippen LogP contribution in [0.25, 0.3) is 21.6 Å². The number of carbonyl (C=O) groups is 1. The van der Waals surface area contributed by atoms with Crippen LogP contribution < -0.4 is 34.9 Å². The third-order valence-electron chi connectivity index (χ3n) is 6.63. The normalized spacial score (nSPS) is 13.8. The summed E-state index contributed by atoms with van der Waals surface area (Å²) in [5, 5.41) is 3.35. The van der Waals surface area contributed by atoms with Gasteiger partial charge in [-0.1, -0.05) is 84.5 Å². The zero-order valence-electron chi connectivity index (χ0n) is 21.6. The number of aryl methyl sites for hydroxylation is 1. The summed E-state index contributed by atoms with van der Waals surface area (Å²) in [4.78, 5) is 24.7. The van der Waals surface area contributed by atoms with Gasteiger partial charge in [0.25, 0.3) is 0 Å². The van der Waals surface area contributed by atoms with Crippen LogP contribution in [0, 0.1) is 12.7 Å². The van der Waals surface area contributed by atoms with E-state index in [1.807, 2.05) is 61.7 Å². The molecule has 0 aliphatic heterocycles. The zero-order chi connectivity index (χ0) is 26.2. The number of halogens is 2. The van der Waals surface area contributed by atoms with Crippen molar-refractivity contribution in [1.29, 1.82) is 0 Å². The van der Waals surface area contributed by atoms with Gasteiger partial charge in [-0.25, -0.2) is 9.18 Å². The molecule has 1 saturated carbocycles. The van der Waals surface area contributed by atoms with Gasteiger partial charge in [0.2, 0.25) is 0 Å². The summed E-state index contributed by atoms with van der Waals surface area (Å²) in [6, 6.07) is 19.8. The third kappa shape index (κ3) is 6.43. The Morgan fingerprint density at radius 1 is 1.10 bits per heavy atom. The van der Waals surface area contributed by atoms with Crippen molar-refractivity contribution >= 4 is 41.2 Å². The monoisotopic (exact) mass is 573 g/mol. The van der Waals surface area contributed by atoms with E-state index in [9.17, 15) is 14.0 Å². The first-order chi connectivity index (χ1) is 17.8. The summed E-state index contributed by atoms with van der Waals surface area (Å²) in [5.74, 6) is -0.392. The molecule has 4 aromatic rings. The van der Waals surface area contributed by atoms with Crippen molar-refractivity contribution in [3.63, 3.8) is 0 Å². The number of rotatable bonds is 7. The van der Waals surface area contributed by atoms with Crippen LogP contribution in [0.3, 0.4) is 0 Å². The molecule has 1 atom stereocenters. The SMILES string of the molecule is Cc1nsc(-c2ccc(-c3ccc(C4([C-]=O)CC4)c(F)c3)cc2)c1NC(=O)O[C@H](C)c1ccccc1Cl.[Na+].[OH-]. The van der Waals surface area contributed by atoms with E-state index < -0.39 is 23.4 Å². The number of hydrogen-bond donors (Lipinski definition) is 1. The molecule has 39 heavy (non-hydrogen) atoms. The van der Waals surface area contributed by atoms with Gasteiger partial charge in [0.05, 0.1) is 16.3 Å². The second-order valence-electron chi connectivity index (χ2n) is 9.12. The standard InChI is InChI=1S/C29H23ClFN2O3S.Na.H2O/c1-17-26(32-28(35)36-18(2)22-5-3-4-6-24(22)30)27(37-33-17)20-9-7-19(8-10-20)21-11-12-23(25(31)15-21)29(16-34)13-14-29;;/h3-12,15,18H,13-14H2,1-2H3,(H,32,35);;1H2/q-1;+1;/p-1/t18-;;/m1../s1. The molecule has 2 N–H and O–H groups in total. The van der Waals surface area contributed by atoms with Crippen LogP contribution in [0.2, 0.25) is 5.02 Å². The summed E-state index contributed by atoms with van der Waals surface area (Å²) in [5.41, 5.74) is 4.00. The van der Waals surface area contributed by atoms with Crippen LogP contribution in [0.1, 0.15) is 42.7 Å². The van der Waals surface area contributed by atoms with Crippen LogP contribution in [0.15, 0.2) is 66.7 Å². The van der Waals surface area contributed by atoms with Gasteiger partial charge in [-0.3, -0.25) is 11.6 Å². The Kier molecular flexibility index (Phi) is 10.1. The largest absolute Gasteiger partial charge is 1.00 e. The first kappa shape index (κ1) is 30.9. The molecule has 1 amide bonds. The number of amides is 1. The molecule has 0 radical (unpaired) electrons. The summed E-state index contributed by atoms with van der Waals surface area (Å²) in [7, 11) is 0. The fourth-order valence-electron chi connectivity index (χ4n) is 4.32. The minimum Gasteiger partial charge on any atom is -0.870 e. The predicted octanol–water partition coefficient (Wildman–Crippen LogP) is 4.86. The molecule has 1 aromatic heterocycles. The van der Waals surface area contributed by atoms with E-state index in [1.165, 1.54) is 17.6 Å². The van der Waals surface area contributed by atoms with Gasteiger partial charge in [0, 0.05) is 10.6 Å². The molecule has 1 aliphatic carbocycles. The zero-order valence-corrected chi connectivity index (χ0v) is 25.2.